The standard InChI is InChI=1S/C24H27N3O2/c1-27-13-12-24-17-9-10-18(26-25-16-6-4-3-5-7-16)23(24)29-22-20(28-2)11-8-15(21(22)24)14-19(17)27/h3-11,15,17,19,21,23,25H,12-14H2,1-2H3/t15?,17-,19+,21?,23-,24-/m0/s1. The summed E-state index contributed by atoms with van der Waals surface area (Å²) >= 11 is 0. The quantitative estimate of drug-likeness (QED) is 0.799. The van der Waals surface area contributed by atoms with Crippen molar-refractivity contribution >= 4 is 11.4 Å². The van der Waals surface area contributed by atoms with Crippen LogP contribution >= 0.6 is 0 Å². The predicted molar refractivity (Wildman–Crippen MR) is 113 cm³/mol. The zero-order chi connectivity index (χ0) is 19.6. The van der Waals surface area contributed by atoms with E-state index >= 15 is 0 Å². The van der Waals surface area contributed by atoms with Gasteiger partial charge in [-0.15, -0.1) is 0 Å². The van der Waals surface area contributed by atoms with Crippen LogP contribution in [0.15, 0.2) is 71.3 Å². The van der Waals surface area contributed by atoms with Crippen LogP contribution in [0.3, 0.4) is 0 Å². The van der Waals surface area contributed by atoms with Crippen molar-refractivity contribution in [2.24, 2.45) is 28.3 Å². The van der Waals surface area contributed by atoms with Gasteiger partial charge in [0.15, 0.2) is 5.76 Å². The van der Waals surface area contributed by atoms with Crippen molar-refractivity contribution in [2.45, 2.75) is 25.0 Å². The lowest BCUT2D eigenvalue weighted by Crippen LogP contribution is -2.64. The number of anilines is 1. The molecule has 2 heterocycles. The average molecular weight is 389 g/mol. The summed E-state index contributed by atoms with van der Waals surface area (Å²) in [5.74, 6) is 3.32. The van der Waals surface area contributed by atoms with Crippen LogP contribution in [0.5, 0.6) is 0 Å². The number of benzene rings is 1. The average Bonchev–Trinajstić information content (AvgIpc) is 3.11. The lowest BCUT2D eigenvalue weighted by molar-refractivity contribution is -0.0758. The number of nitrogens with one attached hydrogen (secondary N) is 1. The summed E-state index contributed by atoms with van der Waals surface area (Å²) in [6.45, 7) is 1.11. The first-order valence-corrected chi connectivity index (χ1v) is 10.6. The number of para-hydroxylation sites is 1. The fraction of sp³-hybridized carbons (Fsp3) is 0.458. The molecule has 1 spiro atoms. The second-order valence-corrected chi connectivity index (χ2v) is 8.98. The van der Waals surface area contributed by atoms with E-state index in [9.17, 15) is 0 Å². The molecule has 1 N–H and O–H groups in total. The monoisotopic (exact) mass is 389 g/mol. The van der Waals surface area contributed by atoms with Gasteiger partial charge in [0.1, 0.15) is 17.6 Å². The molecule has 3 fully saturated rings. The molecule has 0 amide bonds. The minimum Gasteiger partial charge on any atom is -0.493 e. The van der Waals surface area contributed by atoms with Gasteiger partial charge in [-0.05, 0) is 56.6 Å². The number of allylic oxidation sites excluding steroid dienone is 3. The van der Waals surface area contributed by atoms with E-state index in [0.717, 1.165) is 35.9 Å². The molecule has 6 atom stereocenters. The van der Waals surface area contributed by atoms with Crippen molar-refractivity contribution in [2.75, 3.05) is 26.1 Å². The number of likely N-dealkylation sites (tertiary alicyclic amines) is 1. The number of nitrogens with zero attached hydrogens (tertiary/aromatic N) is 2. The van der Waals surface area contributed by atoms with E-state index in [-0.39, 0.29) is 11.5 Å². The highest BCUT2D eigenvalue weighted by atomic mass is 16.5. The van der Waals surface area contributed by atoms with E-state index in [4.69, 9.17) is 14.6 Å². The molecular formula is C24H27N3O2. The van der Waals surface area contributed by atoms with Crippen LogP contribution in [0.1, 0.15) is 12.8 Å². The van der Waals surface area contributed by atoms with Crippen LogP contribution in [-0.2, 0) is 9.47 Å². The first-order chi connectivity index (χ1) is 14.2. The maximum Gasteiger partial charge on any atom is 0.156 e. The van der Waals surface area contributed by atoms with Crippen molar-refractivity contribution in [3.8, 4) is 0 Å². The van der Waals surface area contributed by atoms with E-state index in [1.807, 2.05) is 30.3 Å². The van der Waals surface area contributed by atoms with Gasteiger partial charge in [-0.3, -0.25) is 5.43 Å². The fourth-order valence-electron chi connectivity index (χ4n) is 6.59. The molecule has 5 heteroatoms. The second kappa shape index (κ2) is 6.23. The van der Waals surface area contributed by atoms with Gasteiger partial charge in [-0.25, -0.2) is 0 Å². The van der Waals surface area contributed by atoms with Crippen molar-refractivity contribution in [1.29, 1.82) is 0 Å². The Morgan fingerprint density at radius 3 is 2.90 bits per heavy atom. The van der Waals surface area contributed by atoms with Gasteiger partial charge in [-0.1, -0.05) is 30.4 Å². The van der Waals surface area contributed by atoms with Crippen LogP contribution in [0.2, 0.25) is 0 Å². The molecule has 1 aromatic rings. The van der Waals surface area contributed by atoms with Crippen LogP contribution in [0.4, 0.5) is 5.69 Å². The van der Waals surface area contributed by atoms with Crippen molar-refractivity contribution in [3.05, 3.63) is 66.2 Å². The molecule has 0 radical (unpaired) electrons. The lowest BCUT2D eigenvalue weighted by atomic mass is 9.48. The van der Waals surface area contributed by atoms with E-state index in [2.05, 4.69) is 41.7 Å². The number of methoxy groups -OCH3 is 1. The van der Waals surface area contributed by atoms with Gasteiger partial charge >= 0.3 is 0 Å². The summed E-state index contributed by atoms with van der Waals surface area (Å²) in [6, 6.07) is 10.7. The molecule has 5 aliphatic rings. The molecule has 1 aromatic carbocycles. The van der Waals surface area contributed by atoms with Crippen LogP contribution < -0.4 is 5.43 Å². The molecule has 6 rings (SSSR count). The predicted octanol–water partition coefficient (Wildman–Crippen LogP) is 3.79. The van der Waals surface area contributed by atoms with Gasteiger partial charge in [0.05, 0.1) is 12.8 Å². The third kappa shape index (κ3) is 2.28. The summed E-state index contributed by atoms with van der Waals surface area (Å²) < 4.78 is 12.4. The number of piperidine rings is 1. The fourth-order valence-corrected chi connectivity index (χ4v) is 6.59. The van der Waals surface area contributed by atoms with Crippen LogP contribution in [0, 0.1) is 23.2 Å². The Morgan fingerprint density at radius 2 is 2.07 bits per heavy atom. The largest absolute Gasteiger partial charge is 0.493 e. The molecule has 2 aliphatic heterocycles. The highest BCUT2D eigenvalue weighted by Gasteiger charge is 2.69. The summed E-state index contributed by atoms with van der Waals surface area (Å²) in [5.41, 5.74) is 5.29. The maximum atomic E-state index is 6.73. The van der Waals surface area contributed by atoms with E-state index < -0.39 is 0 Å². The van der Waals surface area contributed by atoms with Crippen molar-refractivity contribution in [3.63, 3.8) is 0 Å². The Labute approximate surface area is 171 Å². The Bertz CT molecular complexity index is 950. The Balaban J connectivity index is 1.46. The normalized spacial score (nSPS) is 40.6. The molecule has 2 saturated heterocycles. The molecule has 2 bridgehead atoms. The Morgan fingerprint density at radius 1 is 1.21 bits per heavy atom. The van der Waals surface area contributed by atoms with Crippen LogP contribution in [-0.4, -0.2) is 43.5 Å². The van der Waals surface area contributed by atoms with Crippen molar-refractivity contribution in [1.82, 2.24) is 4.90 Å². The summed E-state index contributed by atoms with van der Waals surface area (Å²) in [4.78, 5) is 2.55. The molecular weight excluding hydrogens is 362 g/mol. The highest BCUT2D eigenvalue weighted by Crippen LogP contribution is 2.66. The minimum atomic E-state index is -0.0298. The van der Waals surface area contributed by atoms with E-state index in [1.165, 1.54) is 6.42 Å². The number of rotatable bonds is 3. The molecule has 0 aromatic heterocycles. The number of hydrazone groups is 1. The van der Waals surface area contributed by atoms with Gasteiger partial charge < -0.3 is 14.4 Å². The maximum absolute atomic E-state index is 6.73. The van der Waals surface area contributed by atoms with Crippen LogP contribution in [0.25, 0.3) is 0 Å². The summed E-state index contributed by atoms with van der Waals surface area (Å²) in [7, 11) is 4.03. The zero-order valence-electron chi connectivity index (χ0n) is 16.9. The third-order valence-electron chi connectivity index (χ3n) is 7.82. The Kier molecular flexibility index (Phi) is 3.73. The first-order valence-electron chi connectivity index (χ1n) is 10.6. The highest BCUT2D eigenvalue weighted by molar-refractivity contribution is 6.01. The van der Waals surface area contributed by atoms with Gasteiger partial charge in [0, 0.05) is 23.3 Å². The summed E-state index contributed by atoms with van der Waals surface area (Å²) in [6.07, 6.45) is 11.4. The van der Waals surface area contributed by atoms with E-state index in [1.54, 1.807) is 7.11 Å². The minimum absolute atomic E-state index is 0.0298. The van der Waals surface area contributed by atoms with Gasteiger partial charge in [0.2, 0.25) is 0 Å². The molecule has 5 nitrogen and oxygen atoms in total. The number of ether oxygens (including phenoxy) is 2. The topological polar surface area (TPSA) is 46.1 Å². The smallest absolute Gasteiger partial charge is 0.156 e. The SMILES string of the molecule is COC1=C2O[C@H]3C(=NNc4ccccc4)C=C[C@H]4[C@H]5CC(C=C1)C2[C@@]34CCN5C. The number of hydrogen-bond acceptors (Lipinski definition) is 5. The zero-order valence-corrected chi connectivity index (χ0v) is 16.9. The summed E-state index contributed by atoms with van der Waals surface area (Å²) in [5, 5.41) is 4.81. The van der Waals surface area contributed by atoms with Gasteiger partial charge in [0.25, 0.3) is 0 Å². The van der Waals surface area contributed by atoms with Crippen molar-refractivity contribution < 1.29 is 9.47 Å². The molecule has 3 aliphatic carbocycles. The number of hydrogen-bond donors (Lipinski definition) is 1. The molecule has 2 unspecified atom stereocenters. The lowest BCUT2D eigenvalue weighted by Gasteiger charge is -2.59. The molecule has 1 saturated carbocycles. The third-order valence-corrected chi connectivity index (χ3v) is 7.82. The first kappa shape index (κ1) is 17.3. The van der Waals surface area contributed by atoms with Gasteiger partial charge in [-0.2, -0.15) is 5.10 Å². The molecule has 29 heavy (non-hydrogen) atoms. The second-order valence-electron chi connectivity index (χ2n) is 8.98. The van der Waals surface area contributed by atoms with E-state index in [0.29, 0.717) is 23.8 Å². The molecule has 150 valence electrons. The Hall–Kier alpha value is -2.53.